The third-order valence-corrected chi connectivity index (χ3v) is 7.88. The highest BCUT2D eigenvalue weighted by Crippen LogP contribution is 2.32. The molecule has 0 saturated carbocycles. The van der Waals surface area contributed by atoms with E-state index < -0.39 is 10.0 Å². The predicted molar refractivity (Wildman–Crippen MR) is 125 cm³/mol. The number of aromatic nitrogens is 3. The number of nitrogens with zero attached hydrogens (tertiary/aromatic N) is 4. The number of sulfonamides is 1. The van der Waals surface area contributed by atoms with Crippen LogP contribution >= 0.6 is 11.8 Å². The van der Waals surface area contributed by atoms with E-state index in [-0.39, 0.29) is 16.6 Å². The molecule has 1 amide bonds. The molecule has 1 aromatic heterocycles. The number of aryl methyl sites for hydroxylation is 3. The predicted octanol–water partition coefficient (Wildman–Crippen LogP) is 2.78. The van der Waals surface area contributed by atoms with Gasteiger partial charge in [-0.25, -0.2) is 13.1 Å². The Balaban J connectivity index is 1.53. The monoisotopic (exact) mass is 471 g/mol. The van der Waals surface area contributed by atoms with Crippen LogP contribution in [0.1, 0.15) is 22.5 Å². The Morgan fingerprint density at radius 3 is 2.62 bits per heavy atom. The summed E-state index contributed by atoms with van der Waals surface area (Å²) in [4.78, 5) is 14.9. The van der Waals surface area contributed by atoms with Gasteiger partial charge in [-0.3, -0.25) is 9.36 Å². The molecular formula is C22H25N5O3S2. The molecule has 0 atom stereocenters. The Bertz CT molecular complexity index is 1300. The first-order chi connectivity index (χ1) is 15.2. The lowest BCUT2D eigenvalue weighted by Gasteiger charge is -2.18. The largest absolute Gasteiger partial charge is 0.311 e. The van der Waals surface area contributed by atoms with Crippen molar-refractivity contribution in [2.24, 2.45) is 0 Å². The van der Waals surface area contributed by atoms with Gasteiger partial charge in [-0.05, 0) is 75.2 Å². The molecule has 4 rings (SSSR count). The molecule has 0 saturated heterocycles. The second-order valence-electron chi connectivity index (χ2n) is 7.74. The zero-order valence-corrected chi connectivity index (χ0v) is 20.0. The maximum absolute atomic E-state index is 13.0. The number of nitrogens with one attached hydrogen (secondary N) is 1. The smallest absolute Gasteiger partial charge is 0.240 e. The number of amides is 1. The molecule has 0 spiro atoms. The third kappa shape index (κ3) is 4.17. The number of fused-ring (bicyclic) bond motifs is 1. The van der Waals surface area contributed by atoms with Crippen LogP contribution in [0, 0.1) is 20.8 Å². The lowest BCUT2D eigenvalue weighted by Crippen LogP contribution is -2.30. The fraction of sp³-hybridized carbons (Fsp3) is 0.318. The quantitative estimate of drug-likeness (QED) is 0.555. The SMILES string of the molecule is CNS(=O)(=O)c1ccc2c(c1)CCN2C(=O)CSc1nnc(C)n1-c1cc(C)ccc1C. The minimum Gasteiger partial charge on any atom is -0.311 e. The van der Waals surface area contributed by atoms with Gasteiger partial charge in [0.15, 0.2) is 5.16 Å². The van der Waals surface area contributed by atoms with E-state index in [0.717, 1.165) is 33.9 Å². The summed E-state index contributed by atoms with van der Waals surface area (Å²) in [5.74, 6) is 0.920. The van der Waals surface area contributed by atoms with Crippen molar-refractivity contribution in [3.8, 4) is 5.69 Å². The molecule has 0 aliphatic carbocycles. The third-order valence-electron chi connectivity index (χ3n) is 5.55. The van der Waals surface area contributed by atoms with Crippen LogP contribution in [-0.2, 0) is 21.2 Å². The summed E-state index contributed by atoms with van der Waals surface area (Å²) in [6.45, 7) is 6.50. The van der Waals surface area contributed by atoms with Gasteiger partial charge in [0.05, 0.1) is 16.3 Å². The standard InChI is InChI=1S/C22H25N5O3S2/c1-14-5-6-15(2)20(11-14)27-16(3)24-25-22(27)31-13-21(28)26-10-9-17-12-18(7-8-19(17)26)32(29,30)23-4/h5-8,11-12,23H,9-10,13H2,1-4H3. The number of hydrogen-bond acceptors (Lipinski definition) is 6. The zero-order valence-electron chi connectivity index (χ0n) is 18.4. The van der Waals surface area contributed by atoms with Gasteiger partial charge in [0.1, 0.15) is 5.82 Å². The molecule has 168 valence electrons. The molecule has 8 nitrogen and oxygen atoms in total. The van der Waals surface area contributed by atoms with Gasteiger partial charge in [-0.1, -0.05) is 23.9 Å². The number of benzene rings is 2. The maximum Gasteiger partial charge on any atom is 0.240 e. The Labute approximate surface area is 192 Å². The molecule has 1 N–H and O–H groups in total. The van der Waals surface area contributed by atoms with Gasteiger partial charge < -0.3 is 4.90 Å². The van der Waals surface area contributed by atoms with E-state index in [1.54, 1.807) is 17.0 Å². The minimum absolute atomic E-state index is 0.0499. The molecule has 0 unspecified atom stereocenters. The van der Waals surface area contributed by atoms with Crippen LogP contribution in [0.25, 0.3) is 5.69 Å². The van der Waals surface area contributed by atoms with Gasteiger partial charge in [-0.15, -0.1) is 10.2 Å². The second-order valence-corrected chi connectivity index (χ2v) is 10.6. The maximum atomic E-state index is 13.0. The lowest BCUT2D eigenvalue weighted by molar-refractivity contribution is -0.116. The van der Waals surface area contributed by atoms with E-state index in [9.17, 15) is 13.2 Å². The summed E-state index contributed by atoms with van der Waals surface area (Å²) in [6.07, 6.45) is 0.622. The number of rotatable bonds is 6. The highest BCUT2D eigenvalue weighted by atomic mass is 32.2. The number of anilines is 1. The highest BCUT2D eigenvalue weighted by Gasteiger charge is 2.27. The van der Waals surface area contributed by atoms with Crippen LogP contribution in [0.3, 0.4) is 0 Å². The Morgan fingerprint density at radius 1 is 1.09 bits per heavy atom. The molecule has 3 aromatic rings. The molecule has 2 heterocycles. The lowest BCUT2D eigenvalue weighted by atomic mass is 10.1. The summed E-state index contributed by atoms with van der Waals surface area (Å²) >= 11 is 1.35. The highest BCUT2D eigenvalue weighted by molar-refractivity contribution is 7.99. The van der Waals surface area contributed by atoms with E-state index in [1.807, 2.05) is 25.3 Å². The van der Waals surface area contributed by atoms with Crippen molar-refractivity contribution in [3.05, 3.63) is 58.9 Å². The number of hydrogen-bond donors (Lipinski definition) is 1. The van der Waals surface area contributed by atoms with E-state index in [2.05, 4.69) is 33.1 Å². The van der Waals surface area contributed by atoms with Gasteiger partial charge >= 0.3 is 0 Å². The van der Waals surface area contributed by atoms with Crippen LogP contribution in [0.5, 0.6) is 0 Å². The molecule has 32 heavy (non-hydrogen) atoms. The number of thioether (sulfide) groups is 1. The first-order valence-electron chi connectivity index (χ1n) is 10.2. The Hall–Kier alpha value is -2.69. The summed E-state index contributed by atoms with van der Waals surface area (Å²) in [7, 11) is -2.13. The summed E-state index contributed by atoms with van der Waals surface area (Å²) in [5, 5.41) is 9.17. The average Bonchev–Trinajstić information content (AvgIpc) is 3.36. The molecule has 1 aliphatic heterocycles. The van der Waals surface area contributed by atoms with Crippen LogP contribution in [0.2, 0.25) is 0 Å². The van der Waals surface area contributed by atoms with E-state index in [1.165, 1.54) is 24.9 Å². The van der Waals surface area contributed by atoms with Crippen molar-refractivity contribution < 1.29 is 13.2 Å². The van der Waals surface area contributed by atoms with Crippen molar-refractivity contribution in [3.63, 3.8) is 0 Å². The van der Waals surface area contributed by atoms with Crippen LogP contribution in [0.15, 0.2) is 46.5 Å². The first-order valence-corrected chi connectivity index (χ1v) is 12.7. The minimum atomic E-state index is -3.51. The zero-order chi connectivity index (χ0) is 23.0. The van der Waals surface area contributed by atoms with Crippen LogP contribution in [0.4, 0.5) is 5.69 Å². The second kappa shape index (κ2) is 8.68. The molecule has 10 heteroatoms. The summed E-state index contributed by atoms with van der Waals surface area (Å²) in [5.41, 5.74) is 4.87. The summed E-state index contributed by atoms with van der Waals surface area (Å²) < 4.78 is 28.4. The van der Waals surface area contributed by atoms with Gasteiger partial charge in [0, 0.05) is 12.2 Å². The number of carbonyl (C=O) groups excluding carboxylic acids is 1. The van der Waals surface area contributed by atoms with E-state index >= 15 is 0 Å². The Morgan fingerprint density at radius 2 is 1.88 bits per heavy atom. The fourth-order valence-electron chi connectivity index (χ4n) is 3.80. The van der Waals surface area contributed by atoms with Crippen molar-refractivity contribution in [2.75, 3.05) is 24.2 Å². The topological polar surface area (TPSA) is 97.2 Å². The molecule has 0 bridgehead atoms. The van der Waals surface area contributed by atoms with Crippen LogP contribution in [-0.4, -0.2) is 48.4 Å². The normalized spacial score (nSPS) is 13.4. The van der Waals surface area contributed by atoms with Crippen molar-refractivity contribution in [2.45, 2.75) is 37.2 Å². The van der Waals surface area contributed by atoms with Gasteiger partial charge in [0.2, 0.25) is 15.9 Å². The van der Waals surface area contributed by atoms with E-state index in [4.69, 9.17) is 0 Å². The molecule has 1 aliphatic rings. The molecular weight excluding hydrogens is 446 g/mol. The molecule has 0 radical (unpaired) electrons. The summed E-state index contributed by atoms with van der Waals surface area (Å²) in [6, 6.07) is 11.1. The van der Waals surface area contributed by atoms with Crippen molar-refractivity contribution in [1.29, 1.82) is 0 Å². The molecule has 2 aromatic carbocycles. The van der Waals surface area contributed by atoms with Crippen molar-refractivity contribution in [1.82, 2.24) is 19.5 Å². The first kappa shape index (κ1) is 22.5. The van der Waals surface area contributed by atoms with E-state index in [0.29, 0.717) is 18.1 Å². The molecule has 0 fully saturated rings. The fourth-order valence-corrected chi connectivity index (χ4v) is 5.45. The number of carbonyl (C=O) groups is 1. The van der Waals surface area contributed by atoms with Gasteiger partial charge in [-0.2, -0.15) is 0 Å². The average molecular weight is 472 g/mol. The van der Waals surface area contributed by atoms with Crippen LogP contribution < -0.4 is 9.62 Å². The Kier molecular flexibility index (Phi) is 6.11. The van der Waals surface area contributed by atoms with Crippen molar-refractivity contribution >= 4 is 33.4 Å². The van der Waals surface area contributed by atoms with Gasteiger partial charge in [0.25, 0.3) is 0 Å².